The largest absolute Gasteiger partial charge is 0.409 e. The van der Waals surface area contributed by atoms with Crippen molar-refractivity contribution in [3.05, 3.63) is 0 Å². The fourth-order valence-electron chi connectivity index (χ4n) is 2.49. The monoisotopic (exact) mass is 271 g/mol. The van der Waals surface area contributed by atoms with Gasteiger partial charge in [0.25, 0.3) is 0 Å². The summed E-state index contributed by atoms with van der Waals surface area (Å²) in [7, 11) is 0. The fraction of sp³-hybridized carbons (Fsp3) is 0.846. The van der Waals surface area contributed by atoms with Crippen LogP contribution in [0, 0.1) is 5.92 Å². The van der Waals surface area contributed by atoms with Crippen LogP contribution in [0.2, 0.25) is 0 Å². The molecule has 1 fully saturated rings. The van der Waals surface area contributed by atoms with Crippen LogP contribution in [0.3, 0.4) is 0 Å². The third kappa shape index (κ3) is 5.46. The Balaban J connectivity index is 2.51. The van der Waals surface area contributed by atoms with E-state index in [0.29, 0.717) is 6.61 Å². The van der Waals surface area contributed by atoms with E-state index < -0.39 is 0 Å². The molecule has 0 bridgehead atoms. The molecule has 0 radical (unpaired) electrons. The van der Waals surface area contributed by atoms with Crippen molar-refractivity contribution in [3.63, 3.8) is 0 Å². The van der Waals surface area contributed by atoms with Crippen molar-refractivity contribution in [2.45, 2.75) is 51.5 Å². The predicted molar refractivity (Wildman–Crippen MR) is 73.0 cm³/mol. The number of amides is 1. The van der Waals surface area contributed by atoms with E-state index in [4.69, 9.17) is 15.7 Å². The first-order chi connectivity index (χ1) is 9.19. The fourth-order valence-corrected chi connectivity index (χ4v) is 2.49. The van der Waals surface area contributed by atoms with E-state index in [-0.39, 0.29) is 30.3 Å². The normalized spacial score (nSPS) is 19.1. The Morgan fingerprint density at radius 2 is 2.16 bits per heavy atom. The topological polar surface area (TPSA) is 96.9 Å². The maximum absolute atomic E-state index is 11.8. The van der Waals surface area contributed by atoms with E-state index in [1.807, 2.05) is 6.92 Å². The van der Waals surface area contributed by atoms with Crippen molar-refractivity contribution in [2.24, 2.45) is 16.8 Å². The van der Waals surface area contributed by atoms with E-state index in [9.17, 15) is 4.79 Å². The molecule has 4 N–H and O–H groups in total. The molecule has 1 amide bonds. The van der Waals surface area contributed by atoms with Crippen molar-refractivity contribution < 1.29 is 14.7 Å². The van der Waals surface area contributed by atoms with Gasteiger partial charge < -0.3 is 21.0 Å². The second-order valence-electron chi connectivity index (χ2n) is 5.02. The molecule has 1 rings (SSSR count). The van der Waals surface area contributed by atoms with Gasteiger partial charge in [-0.15, -0.1) is 0 Å². The lowest BCUT2D eigenvalue weighted by molar-refractivity contribution is -0.126. The molecule has 1 aliphatic rings. The molecule has 1 aliphatic carbocycles. The van der Waals surface area contributed by atoms with E-state index in [2.05, 4.69) is 10.5 Å². The van der Waals surface area contributed by atoms with E-state index >= 15 is 0 Å². The van der Waals surface area contributed by atoms with Gasteiger partial charge in [-0.2, -0.15) is 0 Å². The summed E-state index contributed by atoms with van der Waals surface area (Å²) in [6, 6.07) is -0.386. The molecule has 0 aliphatic heterocycles. The van der Waals surface area contributed by atoms with Gasteiger partial charge in [0.15, 0.2) is 5.84 Å². The zero-order valence-electron chi connectivity index (χ0n) is 11.6. The molecule has 0 aromatic rings. The Morgan fingerprint density at radius 1 is 1.47 bits per heavy atom. The molecule has 110 valence electrons. The summed E-state index contributed by atoms with van der Waals surface area (Å²) in [6.45, 7) is 2.57. The lowest BCUT2D eigenvalue weighted by Crippen LogP contribution is -2.50. The summed E-state index contributed by atoms with van der Waals surface area (Å²) in [6.07, 6.45) is 6.34. The quantitative estimate of drug-likeness (QED) is 0.213. The minimum atomic E-state index is -0.386. The van der Waals surface area contributed by atoms with Crippen LogP contribution < -0.4 is 11.1 Å². The number of rotatable bonds is 7. The van der Waals surface area contributed by atoms with Crippen LogP contribution in [0.25, 0.3) is 0 Å². The highest BCUT2D eigenvalue weighted by molar-refractivity contribution is 5.90. The maximum Gasteiger partial charge on any atom is 0.246 e. The van der Waals surface area contributed by atoms with Crippen LogP contribution in [-0.4, -0.2) is 36.2 Å². The summed E-state index contributed by atoms with van der Waals surface area (Å²) in [5, 5.41) is 14.7. The number of carbonyl (C=O) groups excluding carboxylic acids is 1. The number of amidine groups is 1. The Labute approximate surface area is 114 Å². The van der Waals surface area contributed by atoms with Gasteiger partial charge in [-0.05, 0) is 25.2 Å². The summed E-state index contributed by atoms with van der Waals surface area (Å²) in [5.41, 5.74) is 5.70. The molecule has 1 unspecified atom stereocenters. The van der Waals surface area contributed by atoms with Gasteiger partial charge >= 0.3 is 0 Å². The van der Waals surface area contributed by atoms with Gasteiger partial charge in [0.2, 0.25) is 5.91 Å². The van der Waals surface area contributed by atoms with Gasteiger partial charge in [-0.3, -0.25) is 4.79 Å². The summed E-state index contributed by atoms with van der Waals surface area (Å²) >= 11 is 0. The summed E-state index contributed by atoms with van der Waals surface area (Å²) in [4.78, 5) is 11.8. The lowest BCUT2D eigenvalue weighted by Gasteiger charge is -2.29. The average molecular weight is 271 g/mol. The minimum absolute atomic E-state index is 0.0236. The number of carbonyl (C=O) groups is 1. The molecule has 0 saturated heterocycles. The molecule has 6 nitrogen and oxygen atoms in total. The highest BCUT2D eigenvalue weighted by atomic mass is 16.5. The smallest absolute Gasteiger partial charge is 0.246 e. The third-order valence-electron chi connectivity index (χ3n) is 3.45. The number of hydrogen-bond acceptors (Lipinski definition) is 4. The molecule has 0 aromatic heterocycles. The van der Waals surface area contributed by atoms with Crippen LogP contribution in [0.5, 0.6) is 0 Å². The van der Waals surface area contributed by atoms with Crippen LogP contribution in [-0.2, 0) is 9.53 Å². The van der Waals surface area contributed by atoms with Gasteiger partial charge in [-0.25, -0.2) is 0 Å². The molecule has 1 atom stereocenters. The van der Waals surface area contributed by atoms with E-state index in [1.54, 1.807) is 0 Å². The Hall–Kier alpha value is -1.30. The number of nitrogens with one attached hydrogen (secondary N) is 1. The molecule has 0 aromatic carbocycles. The number of ether oxygens (including phenoxy) is 1. The number of nitrogens with two attached hydrogens (primary N) is 1. The molecule has 0 heterocycles. The van der Waals surface area contributed by atoms with Crippen LogP contribution in [0.4, 0.5) is 0 Å². The number of nitrogens with zero attached hydrogens (tertiary/aromatic N) is 1. The molecule has 0 spiro atoms. The number of oxime groups is 1. The van der Waals surface area contributed by atoms with Crippen molar-refractivity contribution in [3.8, 4) is 0 Å². The van der Waals surface area contributed by atoms with Crippen LogP contribution in [0.15, 0.2) is 5.16 Å². The highest BCUT2D eigenvalue weighted by Gasteiger charge is 2.28. The van der Waals surface area contributed by atoms with Crippen LogP contribution >= 0.6 is 0 Å². The van der Waals surface area contributed by atoms with Crippen LogP contribution in [0.1, 0.15) is 45.4 Å². The zero-order valence-corrected chi connectivity index (χ0v) is 11.6. The minimum Gasteiger partial charge on any atom is -0.409 e. The predicted octanol–water partition coefficient (Wildman–Crippen LogP) is 1.22. The van der Waals surface area contributed by atoms with E-state index in [1.165, 1.54) is 6.42 Å². The summed E-state index contributed by atoms with van der Waals surface area (Å²) < 4.78 is 5.19. The van der Waals surface area contributed by atoms with Gasteiger partial charge in [0.1, 0.15) is 6.61 Å². The number of hydrogen-bond donors (Lipinski definition) is 3. The molecular weight excluding hydrogens is 246 g/mol. The van der Waals surface area contributed by atoms with Gasteiger partial charge in [0.05, 0.1) is 6.04 Å². The first-order valence-corrected chi connectivity index (χ1v) is 7.03. The van der Waals surface area contributed by atoms with Crippen molar-refractivity contribution in [1.29, 1.82) is 0 Å². The SMILES string of the molecule is CCCOCC(=O)NC(C(N)=NO)C1CCCCC1. The van der Waals surface area contributed by atoms with Gasteiger partial charge in [0, 0.05) is 6.61 Å². The van der Waals surface area contributed by atoms with Crippen molar-refractivity contribution in [2.75, 3.05) is 13.2 Å². The first-order valence-electron chi connectivity index (χ1n) is 7.03. The average Bonchev–Trinajstić information content (AvgIpc) is 2.45. The summed E-state index contributed by atoms with van der Waals surface area (Å²) in [5.74, 6) is 0.117. The zero-order chi connectivity index (χ0) is 14.1. The standard InChI is InChI=1S/C13H25N3O3/c1-2-8-19-9-11(17)15-12(13(14)16-18)10-6-4-3-5-7-10/h10,12,18H,2-9H2,1H3,(H2,14,16)(H,15,17). The first kappa shape index (κ1) is 15.8. The molecule has 1 saturated carbocycles. The molecule has 19 heavy (non-hydrogen) atoms. The molecular formula is C13H25N3O3. The third-order valence-corrected chi connectivity index (χ3v) is 3.45. The Kier molecular flexibility index (Phi) is 7.25. The molecule has 6 heteroatoms. The van der Waals surface area contributed by atoms with Crippen molar-refractivity contribution in [1.82, 2.24) is 5.32 Å². The lowest BCUT2D eigenvalue weighted by atomic mass is 9.83. The second kappa shape index (κ2) is 8.74. The highest BCUT2D eigenvalue weighted by Crippen LogP contribution is 2.26. The Morgan fingerprint density at radius 3 is 2.74 bits per heavy atom. The van der Waals surface area contributed by atoms with Crippen molar-refractivity contribution >= 4 is 11.7 Å². The Bertz CT molecular complexity index is 302. The van der Waals surface area contributed by atoms with E-state index in [0.717, 1.165) is 32.1 Å². The maximum atomic E-state index is 11.8. The second-order valence-corrected chi connectivity index (χ2v) is 5.02. The van der Waals surface area contributed by atoms with Gasteiger partial charge in [-0.1, -0.05) is 31.3 Å².